The molecule has 21 heavy (non-hydrogen) atoms. The van der Waals surface area contributed by atoms with Crippen molar-refractivity contribution in [2.75, 3.05) is 0 Å². The molecule has 0 aliphatic carbocycles. The fourth-order valence-corrected chi connectivity index (χ4v) is 2.48. The van der Waals surface area contributed by atoms with Crippen LogP contribution in [0.4, 0.5) is 4.39 Å². The third-order valence-electron chi connectivity index (χ3n) is 3.01. The Morgan fingerprint density at radius 1 is 1.29 bits per heavy atom. The van der Waals surface area contributed by atoms with Crippen molar-refractivity contribution in [3.05, 3.63) is 63.9 Å². The van der Waals surface area contributed by atoms with Gasteiger partial charge in [-0.25, -0.2) is 4.39 Å². The standard InChI is InChI=1S/C16H14BrFN2O/c1-10(20)16(13-4-2-3-5-14(13)17)21-12-7-6-11(9-19)15(18)8-12/h2-8,10,16H,20H2,1H3. The molecule has 2 rings (SSSR count). The molecule has 3 nitrogen and oxygen atoms in total. The highest BCUT2D eigenvalue weighted by molar-refractivity contribution is 9.10. The van der Waals surface area contributed by atoms with Crippen LogP contribution in [0.25, 0.3) is 0 Å². The van der Waals surface area contributed by atoms with Gasteiger partial charge in [-0.05, 0) is 25.1 Å². The number of ether oxygens (including phenoxy) is 1. The summed E-state index contributed by atoms with van der Waals surface area (Å²) in [4.78, 5) is 0. The number of hydrogen-bond acceptors (Lipinski definition) is 3. The summed E-state index contributed by atoms with van der Waals surface area (Å²) in [6, 6.07) is 13.2. The van der Waals surface area contributed by atoms with Gasteiger partial charge in [-0.3, -0.25) is 0 Å². The van der Waals surface area contributed by atoms with Gasteiger partial charge in [0.15, 0.2) is 0 Å². The number of benzene rings is 2. The molecular formula is C16H14BrFN2O. The maximum Gasteiger partial charge on any atom is 0.144 e. The predicted molar refractivity (Wildman–Crippen MR) is 82.3 cm³/mol. The highest BCUT2D eigenvalue weighted by atomic mass is 79.9. The topological polar surface area (TPSA) is 59.0 Å². The van der Waals surface area contributed by atoms with Crippen LogP contribution in [0.3, 0.4) is 0 Å². The van der Waals surface area contributed by atoms with E-state index in [0.717, 1.165) is 10.0 Å². The molecule has 0 saturated heterocycles. The maximum atomic E-state index is 13.6. The molecule has 0 aromatic heterocycles. The number of nitriles is 1. The molecule has 2 N–H and O–H groups in total. The lowest BCUT2D eigenvalue weighted by Gasteiger charge is -2.24. The molecule has 0 fully saturated rings. The zero-order valence-electron chi connectivity index (χ0n) is 11.4. The molecule has 0 aliphatic rings. The molecule has 0 radical (unpaired) electrons. The van der Waals surface area contributed by atoms with Gasteiger partial charge in [-0.15, -0.1) is 0 Å². The van der Waals surface area contributed by atoms with Crippen molar-refractivity contribution in [3.8, 4) is 11.8 Å². The predicted octanol–water partition coefficient (Wildman–Crippen LogP) is 3.93. The van der Waals surface area contributed by atoms with Gasteiger partial charge in [0, 0.05) is 22.1 Å². The lowest BCUT2D eigenvalue weighted by atomic mass is 10.0. The number of hydrogen-bond donors (Lipinski definition) is 1. The zero-order chi connectivity index (χ0) is 15.4. The lowest BCUT2D eigenvalue weighted by molar-refractivity contribution is 0.179. The van der Waals surface area contributed by atoms with Crippen LogP contribution in [-0.2, 0) is 0 Å². The minimum Gasteiger partial charge on any atom is -0.484 e. The van der Waals surface area contributed by atoms with Gasteiger partial charge >= 0.3 is 0 Å². The Balaban J connectivity index is 2.32. The van der Waals surface area contributed by atoms with Crippen molar-refractivity contribution < 1.29 is 9.13 Å². The average molecular weight is 349 g/mol. The Morgan fingerprint density at radius 2 is 2.00 bits per heavy atom. The molecule has 108 valence electrons. The number of rotatable bonds is 4. The van der Waals surface area contributed by atoms with Crippen LogP contribution in [0.5, 0.6) is 5.75 Å². The Labute approximate surface area is 131 Å². The highest BCUT2D eigenvalue weighted by Crippen LogP contribution is 2.30. The third-order valence-corrected chi connectivity index (χ3v) is 3.74. The van der Waals surface area contributed by atoms with E-state index in [2.05, 4.69) is 15.9 Å². The van der Waals surface area contributed by atoms with Crippen molar-refractivity contribution in [1.82, 2.24) is 0 Å². The Hall–Kier alpha value is -1.90. The second kappa shape index (κ2) is 6.70. The van der Waals surface area contributed by atoms with Gasteiger partial charge in [0.25, 0.3) is 0 Å². The fraction of sp³-hybridized carbons (Fsp3) is 0.188. The van der Waals surface area contributed by atoms with Gasteiger partial charge in [0.2, 0.25) is 0 Å². The second-order valence-corrected chi connectivity index (χ2v) is 5.53. The highest BCUT2D eigenvalue weighted by Gasteiger charge is 2.21. The van der Waals surface area contributed by atoms with Crippen molar-refractivity contribution in [2.24, 2.45) is 5.73 Å². The molecule has 2 aromatic rings. The monoisotopic (exact) mass is 348 g/mol. The SMILES string of the molecule is CC(N)C(Oc1ccc(C#N)c(F)c1)c1ccccc1Br. The molecule has 2 unspecified atom stereocenters. The fourth-order valence-electron chi connectivity index (χ4n) is 1.97. The first-order valence-corrected chi connectivity index (χ1v) is 7.18. The molecule has 5 heteroatoms. The van der Waals surface area contributed by atoms with Crippen molar-refractivity contribution >= 4 is 15.9 Å². The van der Waals surface area contributed by atoms with E-state index in [1.807, 2.05) is 31.2 Å². The molecule has 0 spiro atoms. The van der Waals surface area contributed by atoms with Gasteiger partial charge in [-0.1, -0.05) is 34.1 Å². The third kappa shape index (κ3) is 3.60. The lowest BCUT2D eigenvalue weighted by Crippen LogP contribution is -2.29. The molecule has 0 saturated carbocycles. The summed E-state index contributed by atoms with van der Waals surface area (Å²) in [5.41, 5.74) is 6.86. The van der Waals surface area contributed by atoms with E-state index in [0.29, 0.717) is 5.75 Å². The quantitative estimate of drug-likeness (QED) is 0.910. The van der Waals surface area contributed by atoms with Crippen molar-refractivity contribution in [3.63, 3.8) is 0 Å². The van der Waals surface area contributed by atoms with Crippen LogP contribution in [0.1, 0.15) is 24.2 Å². The van der Waals surface area contributed by atoms with Crippen molar-refractivity contribution in [1.29, 1.82) is 5.26 Å². The van der Waals surface area contributed by atoms with E-state index in [1.54, 1.807) is 12.1 Å². The molecule has 0 amide bonds. The minimum atomic E-state index is -0.606. The van der Waals surface area contributed by atoms with Crippen LogP contribution in [0, 0.1) is 17.1 Å². The van der Waals surface area contributed by atoms with E-state index in [1.165, 1.54) is 12.1 Å². The summed E-state index contributed by atoms with van der Waals surface area (Å²) in [5.74, 6) is -0.268. The largest absolute Gasteiger partial charge is 0.484 e. The summed E-state index contributed by atoms with van der Waals surface area (Å²) in [5, 5.41) is 8.74. The summed E-state index contributed by atoms with van der Waals surface area (Å²) in [7, 11) is 0. The van der Waals surface area contributed by atoms with E-state index in [9.17, 15) is 4.39 Å². The van der Waals surface area contributed by atoms with Gasteiger partial charge in [0.1, 0.15) is 23.7 Å². The second-order valence-electron chi connectivity index (χ2n) is 4.67. The van der Waals surface area contributed by atoms with Crippen LogP contribution < -0.4 is 10.5 Å². The van der Waals surface area contributed by atoms with Gasteiger partial charge in [-0.2, -0.15) is 5.26 Å². The Kier molecular flexibility index (Phi) is 4.94. The molecule has 0 aliphatic heterocycles. The molecule has 0 heterocycles. The normalized spacial score (nSPS) is 13.3. The first kappa shape index (κ1) is 15.5. The first-order chi connectivity index (χ1) is 10.0. The Morgan fingerprint density at radius 3 is 2.57 bits per heavy atom. The van der Waals surface area contributed by atoms with E-state index >= 15 is 0 Å². The van der Waals surface area contributed by atoms with Crippen LogP contribution >= 0.6 is 15.9 Å². The van der Waals surface area contributed by atoms with Gasteiger partial charge < -0.3 is 10.5 Å². The number of nitrogens with zero attached hydrogens (tertiary/aromatic N) is 1. The van der Waals surface area contributed by atoms with E-state index in [4.69, 9.17) is 15.7 Å². The summed E-state index contributed by atoms with van der Waals surface area (Å²) in [6.45, 7) is 1.82. The van der Waals surface area contributed by atoms with Crippen LogP contribution in [0.15, 0.2) is 46.9 Å². The smallest absolute Gasteiger partial charge is 0.144 e. The Bertz CT molecular complexity index is 682. The van der Waals surface area contributed by atoms with E-state index < -0.39 is 11.9 Å². The van der Waals surface area contributed by atoms with Gasteiger partial charge in [0.05, 0.1) is 5.56 Å². The zero-order valence-corrected chi connectivity index (χ0v) is 13.0. The minimum absolute atomic E-state index is 0.0133. The molecular weight excluding hydrogens is 335 g/mol. The summed E-state index contributed by atoms with van der Waals surface area (Å²) in [6.07, 6.45) is -0.423. The number of halogens is 2. The maximum absolute atomic E-state index is 13.6. The van der Waals surface area contributed by atoms with E-state index in [-0.39, 0.29) is 11.6 Å². The average Bonchev–Trinajstić information content (AvgIpc) is 2.45. The van der Waals surface area contributed by atoms with Crippen molar-refractivity contribution in [2.45, 2.75) is 19.1 Å². The molecule has 0 bridgehead atoms. The molecule has 2 atom stereocenters. The summed E-state index contributed by atoms with van der Waals surface area (Å²) < 4.78 is 20.3. The van der Waals surface area contributed by atoms with Crippen LogP contribution in [0.2, 0.25) is 0 Å². The summed E-state index contributed by atoms with van der Waals surface area (Å²) >= 11 is 3.46. The number of nitrogens with two attached hydrogens (primary N) is 1. The molecule has 2 aromatic carbocycles. The first-order valence-electron chi connectivity index (χ1n) is 6.39. The van der Waals surface area contributed by atoms with Crippen LogP contribution in [-0.4, -0.2) is 6.04 Å².